The van der Waals surface area contributed by atoms with Crippen molar-refractivity contribution in [1.29, 1.82) is 0 Å². The quantitative estimate of drug-likeness (QED) is 0.936. The smallest absolute Gasteiger partial charge is 0.128 e. The fourth-order valence-corrected chi connectivity index (χ4v) is 3.04. The number of anilines is 1. The standard InChI is InChI=1S/C18H25N3O/c1-13-4-7-18(19-12-13)21-10-8-16(9-11-21)20-15(3)17-6-5-14(2)22-17/h4-7,12,15-16,20H,8-11H2,1-3H3/t15-/m1/s1. The summed E-state index contributed by atoms with van der Waals surface area (Å²) in [6, 6.07) is 9.16. The predicted octanol–water partition coefficient (Wildman–Crippen LogP) is 3.61. The Morgan fingerprint density at radius 3 is 2.55 bits per heavy atom. The number of hydrogen-bond donors (Lipinski definition) is 1. The van der Waals surface area contributed by atoms with Crippen LogP contribution < -0.4 is 10.2 Å². The Kier molecular flexibility index (Phi) is 4.48. The number of aromatic nitrogens is 1. The van der Waals surface area contributed by atoms with E-state index in [4.69, 9.17) is 4.42 Å². The molecule has 1 N–H and O–H groups in total. The molecule has 2 aromatic rings. The zero-order valence-electron chi connectivity index (χ0n) is 13.7. The van der Waals surface area contributed by atoms with Gasteiger partial charge >= 0.3 is 0 Å². The second-order valence-corrected chi connectivity index (χ2v) is 6.29. The van der Waals surface area contributed by atoms with Gasteiger partial charge in [-0.05, 0) is 57.4 Å². The van der Waals surface area contributed by atoms with Crippen LogP contribution in [-0.4, -0.2) is 24.1 Å². The average molecular weight is 299 g/mol. The van der Waals surface area contributed by atoms with Gasteiger partial charge in [0.15, 0.2) is 0 Å². The lowest BCUT2D eigenvalue weighted by atomic mass is 10.0. The highest BCUT2D eigenvalue weighted by Gasteiger charge is 2.22. The summed E-state index contributed by atoms with van der Waals surface area (Å²) < 4.78 is 5.71. The fraction of sp³-hybridized carbons (Fsp3) is 0.500. The second kappa shape index (κ2) is 6.53. The van der Waals surface area contributed by atoms with E-state index < -0.39 is 0 Å². The lowest BCUT2D eigenvalue weighted by Crippen LogP contribution is -2.43. The largest absolute Gasteiger partial charge is 0.465 e. The molecule has 0 aromatic carbocycles. The van der Waals surface area contributed by atoms with Crippen molar-refractivity contribution in [3.63, 3.8) is 0 Å². The van der Waals surface area contributed by atoms with Gasteiger partial charge in [0, 0.05) is 25.3 Å². The maximum absolute atomic E-state index is 5.71. The summed E-state index contributed by atoms with van der Waals surface area (Å²) in [5, 5.41) is 3.69. The fourth-order valence-electron chi connectivity index (χ4n) is 3.04. The number of aryl methyl sites for hydroxylation is 2. The van der Waals surface area contributed by atoms with Crippen LogP contribution in [-0.2, 0) is 0 Å². The van der Waals surface area contributed by atoms with Crippen molar-refractivity contribution in [2.75, 3.05) is 18.0 Å². The zero-order chi connectivity index (χ0) is 15.5. The van der Waals surface area contributed by atoms with Gasteiger partial charge < -0.3 is 14.6 Å². The molecule has 1 aliphatic rings. The van der Waals surface area contributed by atoms with Gasteiger partial charge in [-0.1, -0.05) is 6.07 Å². The molecule has 0 unspecified atom stereocenters. The van der Waals surface area contributed by atoms with Gasteiger partial charge in [0.1, 0.15) is 17.3 Å². The van der Waals surface area contributed by atoms with Crippen molar-refractivity contribution >= 4 is 5.82 Å². The lowest BCUT2D eigenvalue weighted by molar-refractivity contribution is 0.342. The van der Waals surface area contributed by atoms with Gasteiger partial charge in [-0.15, -0.1) is 0 Å². The number of rotatable bonds is 4. The molecule has 0 amide bonds. The first-order valence-corrected chi connectivity index (χ1v) is 8.12. The van der Waals surface area contributed by atoms with Crippen LogP contribution in [0.5, 0.6) is 0 Å². The summed E-state index contributed by atoms with van der Waals surface area (Å²) in [5.74, 6) is 3.10. The zero-order valence-corrected chi connectivity index (χ0v) is 13.7. The number of nitrogens with zero attached hydrogens (tertiary/aromatic N) is 2. The van der Waals surface area contributed by atoms with Crippen molar-refractivity contribution < 1.29 is 4.42 Å². The van der Waals surface area contributed by atoms with E-state index in [1.54, 1.807) is 0 Å². The van der Waals surface area contributed by atoms with Crippen molar-refractivity contribution in [1.82, 2.24) is 10.3 Å². The van der Waals surface area contributed by atoms with Gasteiger partial charge in [0.2, 0.25) is 0 Å². The van der Waals surface area contributed by atoms with Crippen LogP contribution in [0, 0.1) is 13.8 Å². The van der Waals surface area contributed by atoms with Crippen molar-refractivity contribution in [3.05, 3.63) is 47.5 Å². The highest BCUT2D eigenvalue weighted by molar-refractivity contribution is 5.39. The molecule has 0 radical (unpaired) electrons. The first kappa shape index (κ1) is 15.1. The topological polar surface area (TPSA) is 41.3 Å². The Labute approximate surface area is 132 Å². The van der Waals surface area contributed by atoms with E-state index in [9.17, 15) is 0 Å². The van der Waals surface area contributed by atoms with E-state index in [-0.39, 0.29) is 6.04 Å². The summed E-state index contributed by atoms with van der Waals surface area (Å²) >= 11 is 0. The molecule has 1 atom stereocenters. The maximum atomic E-state index is 5.71. The van der Waals surface area contributed by atoms with Crippen LogP contribution in [0.2, 0.25) is 0 Å². The average Bonchev–Trinajstić information content (AvgIpc) is 2.96. The van der Waals surface area contributed by atoms with Crippen LogP contribution in [0.3, 0.4) is 0 Å². The summed E-state index contributed by atoms with van der Waals surface area (Å²) in [7, 11) is 0. The Balaban J connectivity index is 1.52. The molecule has 2 aromatic heterocycles. The number of furan rings is 1. The maximum Gasteiger partial charge on any atom is 0.128 e. The van der Waals surface area contributed by atoms with Crippen LogP contribution in [0.4, 0.5) is 5.82 Å². The van der Waals surface area contributed by atoms with Gasteiger partial charge in [-0.2, -0.15) is 0 Å². The summed E-state index contributed by atoms with van der Waals surface area (Å²) in [6.45, 7) is 8.34. The third-order valence-corrected chi connectivity index (χ3v) is 4.39. The van der Waals surface area contributed by atoms with E-state index in [0.29, 0.717) is 6.04 Å². The van der Waals surface area contributed by atoms with Crippen LogP contribution >= 0.6 is 0 Å². The number of piperidine rings is 1. The SMILES string of the molecule is Cc1ccc(N2CCC(N[C@H](C)c3ccc(C)o3)CC2)nc1. The van der Waals surface area contributed by atoms with E-state index >= 15 is 0 Å². The molecule has 3 heterocycles. The van der Waals surface area contributed by atoms with Crippen LogP contribution in [0.25, 0.3) is 0 Å². The first-order valence-electron chi connectivity index (χ1n) is 8.12. The van der Waals surface area contributed by atoms with Crippen molar-refractivity contribution in [2.45, 2.75) is 45.7 Å². The minimum absolute atomic E-state index is 0.266. The van der Waals surface area contributed by atoms with Gasteiger partial charge in [0.05, 0.1) is 6.04 Å². The Hall–Kier alpha value is -1.81. The molecule has 4 heteroatoms. The number of hydrogen-bond acceptors (Lipinski definition) is 4. The summed E-state index contributed by atoms with van der Waals surface area (Å²) in [5.41, 5.74) is 1.21. The molecule has 0 aliphatic carbocycles. The molecule has 0 saturated carbocycles. The highest BCUT2D eigenvalue weighted by atomic mass is 16.3. The molecule has 0 bridgehead atoms. The van der Waals surface area contributed by atoms with Crippen LogP contribution in [0.15, 0.2) is 34.9 Å². The van der Waals surface area contributed by atoms with E-state index in [1.807, 2.05) is 19.2 Å². The third-order valence-electron chi connectivity index (χ3n) is 4.39. The van der Waals surface area contributed by atoms with E-state index in [2.05, 4.69) is 47.2 Å². The molecule has 3 rings (SSSR count). The molecule has 0 spiro atoms. The summed E-state index contributed by atoms with van der Waals surface area (Å²) in [6.07, 6.45) is 4.22. The minimum Gasteiger partial charge on any atom is -0.465 e. The van der Waals surface area contributed by atoms with Crippen LogP contribution in [0.1, 0.15) is 42.9 Å². The lowest BCUT2D eigenvalue weighted by Gasteiger charge is -2.34. The Bertz CT molecular complexity index is 597. The van der Waals surface area contributed by atoms with Crippen molar-refractivity contribution in [3.8, 4) is 0 Å². The second-order valence-electron chi connectivity index (χ2n) is 6.29. The van der Waals surface area contributed by atoms with Gasteiger partial charge in [-0.3, -0.25) is 0 Å². The monoisotopic (exact) mass is 299 g/mol. The highest BCUT2D eigenvalue weighted by Crippen LogP contribution is 2.21. The van der Waals surface area contributed by atoms with E-state index in [1.165, 1.54) is 5.56 Å². The Morgan fingerprint density at radius 2 is 1.95 bits per heavy atom. The Morgan fingerprint density at radius 1 is 1.18 bits per heavy atom. The molecular formula is C18H25N3O. The first-order chi connectivity index (χ1) is 10.6. The number of nitrogens with one attached hydrogen (secondary N) is 1. The predicted molar refractivity (Wildman–Crippen MR) is 89.2 cm³/mol. The molecule has 1 aliphatic heterocycles. The van der Waals surface area contributed by atoms with Gasteiger partial charge in [0.25, 0.3) is 0 Å². The molecular weight excluding hydrogens is 274 g/mol. The summed E-state index contributed by atoms with van der Waals surface area (Å²) in [4.78, 5) is 6.90. The normalized spacial score (nSPS) is 17.7. The molecule has 4 nitrogen and oxygen atoms in total. The number of pyridine rings is 1. The van der Waals surface area contributed by atoms with Crippen molar-refractivity contribution in [2.24, 2.45) is 0 Å². The molecule has 22 heavy (non-hydrogen) atoms. The van der Waals surface area contributed by atoms with Gasteiger partial charge in [-0.25, -0.2) is 4.98 Å². The molecule has 118 valence electrons. The molecule has 1 fully saturated rings. The minimum atomic E-state index is 0.266. The molecule has 1 saturated heterocycles. The van der Waals surface area contributed by atoms with E-state index in [0.717, 1.165) is 43.3 Å². The third kappa shape index (κ3) is 3.50.